The minimum Gasteiger partial charge on any atom is -0.298 e. The molecule has 0 spiro atoms. The normalized spacial score (nSPS) is 31.0. The molecule has 0 aromatic rings. The van der Waals surface area contributed by atoms with E-state index in [1.807, 2.05) is 6.92 Å². The van der Waals surface area contributed by atoms with Crippen LogP contribution in [0, 0.1) is 11.3 Å². The molecule has 2 aliphatic rings. The highest BCUT2D eigenvalue weighted by Crippen LogP contribution is 2.25. The minimum atomic E-state index is -0.402. The lowest BCUT2D eigenvalue weighted by Crippen LogP contribution is -2.56. The van der Waals surface area contributed by atoms with Crippen LogP contribution >= 0.6 is 0 Å². The first kappa shape index (κ1) is 15.8. The van der Waals surface area contributed by atoms with Crippen LogP contribution in [-0.4, -0.2) is 59.6 Å². The number of nitrogens with zero attached hydrogens (tertiary/aromatic N) is 3. The second kappa shape index (κ2) is 6.43. The van der Waals surface area contributed by atoms with Gasteiger partial charge in [-0.3, -0.25) is 15.1 Å². The Balaban J connectivity index is 1.88. The van der Waals surface area contributed by atoms with Gasteiger partial charge in [-0.2, -0.15) is 5.26 Å². The summed E-state index contributed by atoms with van der Waals surface area (Å²) in [6.07, 6.45) is 3.61. The topological polar surface area (TPSA) is 42.3 Å². The van der Waals surface area contributed by atoms with Crippen LogP contribution in [-0.2, 0) is 0 Å². The summed E-state index contributed by atoms with van der Waals surface area (Å²) in [6.45, 7) is 13.3. The van der Waals surface area contributed by atoms with Gasteiger partial charge in [0.2, 0.25) is 0 Å². The number of nitriles is 1. The standard InChI is InChI=1S/C16H30N4/c1-13(2)18-16(4,12-17)7-9-19-11-15-6-5-8-20(15)10-14(19)3/h13-15,18H,5-11H2,1-4H3. The Morgan fingerprint density at radius 1 is 1.40 bits per heavy atom. The van der Waals surface area contributed by atoms with Crippen molar-refractivity contribution in [2.45, 2.75) is 70.6 Å². The molecule has 2 fully saturated rings. The Morgan fingerprint density at radius 3 is 2.80 bits per heavy atom. The zero-order valence-corrected chi connectivity index (χ0v) is 13.5. The van der Waals surface area contributed by atoms with E-state index >= 15 is 0 Å². The van der Waals surface area contributed by atoms with E-state index in [0.717, 1.165) is 19.0 Å². The van der Waals surface area contributed by atoms with Crippen molar-refractivity contribution >= 4 is 0 Å². The van der Waals surface area contributed by atoms with Gasteiger partial charge < -0.3 is 0 Å². The predicted molar refractivity (Wildman–Crippen MR) is 82.5 cm³/mol. The molecule has 114 valence electrons. The van der Waals surface area contributed by atoms with Gasteiger partial charge in [-0.05, 0) is 53.5 Å². The van der Waals surface area contributed by atoms with E-state index in [-0.39, 0.29) is 0 Å². The van der Waals surface area contributed by atoms with Gasteiger partial charge in [0, 0.05) is 37.8 Å². The van der Waals surface area contributed by atoms with Gasteiger partial charge in [-0.15, -0.1) is 0 Å². The van der Waals surface area contributed by atoms with Gasteiger partial charge >= 0.3 is 0 Å². The SMILES string of the molecule is CC(C)NC(C)(C#N)CCN1CC2CCCN2CC1C. The van der Waals surface area contributed by atoms with E-state index in [1.54, 1.807) is 0 Å². The lowest BCUT2D eigenvalue weighted by molar-refractivity contribution is 0.0548. The van der Waals surface area contributed by atoms with Crippen molar-refractivity contribution in [3.8, 4) is 6.07 Å². The molecule has 1 N–H and O–H groups in total. The first-order chi connectivity index (χ1) is 9.43. The fraction of sp³-hybridized carbons (Fsp3) is 0.938. The average Bonchev–Trinajstić information content (AvgIpc) is 2.82. The molecule has 0 saturated carbocycles. The molecule has 2 heterocycles. The van der Waals surface area contributed by atoms with Gasteiger partial charge in [0.05, 0.1) is 6.07 Å². The summed E-state index contributed by atoms with van der Waals surface area (Å²) >= 11 is 0. The zero-order valence-electron chi connectivity index (χ0n) is 13.5. The number of nitrogens with one attached hydrogen (secondary N) is 1. The van der Waals surface area contributed by atoms with E-state index in [1.165, 1.54) is 32.5 Å². The lowest BCUT2D eigenvalue weighted by atomic mass is 9.97. The Morgan fingerprint density at radius 2 is 2.15 bits per heavy atom. The van der Waals surface area contributed by atoms with Gasteiger partial charge in [0.25, 0.3) is 0 Å². The zero-order chi connectivity index (χ0) is 14.8. The maximum Gasteiger partial charge on any atom is 0.105 e. The molecule has 0 aromatic carbocycles. The molecule has 2 aliphatic heterocycles. The summed E-state index contributed by atoms with van der Waals surface area (Å²) < 4.78 is 0. The van der Waals surface area contributed by atoms with Gasteiger partial charge in [0.15, 0.2) is 0 Å². The predicted octanol–water partition coefficient (Wildman–Crippen LogP) is 1.83. The molecular formula is C16H30N4. The smallest absolute Gasteiger partial charge is 0.105 e. The van der Waals surface area contributed by atoms with Crippen LogP contribution in [0.3, 0.4) is 0 Å². The third-order valence-electron chi connectivity index (χ3n) is 4.82. The molecule has 0 radical (unpaired) electrons. The highest BCUT2D eigenvalue weighted by atomic mass is 15.3. The number of piperazine rings is 1. The minimum absolute atomic E-state index is 0.351. The summed E-state index contributed by atoms with van der Waals surface area (Å²) in [5.41, 5.74) is -0.402. The van der Waals surface area contributed by atoms with Crippen LogP contribution < -0.4 is 5.32 Å². The number of fused-ring (bicyclic) bond motifs is 1. The van der Waals surface area contributed by atoms with E-state index in [2.05, 4.69) is 42.0 Å². The van der Waals surface area contributed by atoms with Gasteiger partial charge in [0.1, 0.15) is 5.54 Å². The van der Waals surface area contributed by atoms with Crippen molar-refractivity contribution in [2.24, 2.45) is 0 Å². The van der Waals surface area contributed by atoms with Crippen molar-refractivity contribution in [3.63, 3.8) is 0 Å². The molecule has 0 bridgehead atoms. The summed E-state index contributed by atoms with van der Waals surface area (Å²) in [6, 6.07) is 4.19. The average molecular weight is 278 g/mol. The Hall–Kier alpha value is -0.630. The number of hydrogen-bond acceptors (Lipinski definition) is 4. The maximum atomic E-state index is 9.44. The largest absolute Gasteiger partial charge is 0.298 e. The maximum absolute atomic E-state index is 9.44. The molecule has 0 aliphatic carbocycles. The third-order valence-corrected chi connectivity index (χ3v) is 4.82. The molecule has 3 unspecified atom stereocenters. The fourth-order valence-electron chi connectivity index (χ4n) is 3.72. The first-order valence-corrected chi connectivity index (χ1v) is 8.10. The van der Waals surface area contributed by atoms with Crippen molar-refractivity contribution in [3.05, 3.63) is 0 Å². The van der Waals surface area contributed by atoms with Crippen molar-refractivity contribution < 1.29 is 0 Å². The molecule has 4 nitrogen and oxygen atoms in total. The molecule has 20 heavy (non-hydrogen) atoms. The van der Waals surface area contributed by atoms with Crippen molar-refractivity contribution in [2.75, 3.05) is 26.2 Å². The molecule has 2 saturated heterocycles. The van der Waals surface area contributed by atoms with Crippen LogP contribution in [0.15, 0.2) is 0 Å². The number of hydrogen-bond donors (Lipinski definition) is 1. The third kappa shape index (κ3) is 3.72. The summed E-state index contributed by atoms with van der Waals surface area (Å²) in [4.78, 5) is 5.24. The van der Waals surface area contributed by atoms with Crippen LogP contribution in [0.2, 0.25) is 0 Å². The molecule has 4 heteroatoms. The summed E-state index contributed by atoms with van der Waals surface area (Å²) in [5, 5.41) is 12.8. The lowest BCUT2D eigenvalue weighted by Gasteiger charge is -2.43. The summed E-state index contributed by atoms with van der Waals surface area (Å²) in [5.74, 6) is 0. The van der Waals surface area contributed by atoms with E-state index in [9.17, 15) is 5.26 Å². The molecular weight excluding hydrogens is 248 g/mol. The molecule has 0 amide bonds. The first-order valence-electron chi connectivity index (χ1n) is 8.10. The molecule has 0 aromatic heterocycles. The fourth-order valence-corrected chi connectivity index (χ4v) is 3.72. The Bertz CT molecular complexity index is 362. The van der Waals surface area contributed by atoms with Crippen molar-refractivity contribution in [1.29, 1.82) is 5.26 Å². The van der Waals surface area contributed by atoms with Crippen LogP contribution in [0.25, 0.3) is 0 Å². The monoisotopic (exact) mass is 278 g/mol. The Kier molecular flexibility index (Phi) is 5.06. The molecule has 3 atom stereocenters. The van der Waals surface area contributed by atoms with E-state index < -0.39 is 5.54 Å². The second-order valence-electron chi connectivity index (χ2n) is 7.13. The van der Waals surface area contributed by atoms with Crippen LogP contribution in [0.1, 0.15) is 47.0 Å². The highest BCUT2D eigenvalue weighted by molar-refractivity contribution is 5.05. The number of rotatable bonds is 5. The highest BCUT2D eigenvalue weighted by Gasteiger charge is 2.35. The van der Waals surface area contributed by atoms with Crippen LogP contribution in [0.5, 0.6) is 0 Å². The van der Waals surface area contributed by atoms with Crippen molar-refractivity contribution in [1.82, 2.24) is 15.1 Å². The molecule has 2 rings (SSSR count). The van der Waals surface area contributed by atoms with Gasteiger partial charge in [-0.25, -0.2) is 0 Å². The van der Waals surface area contributed by atoms with E-state index in [0.29, 0.717) is 12.1 Å². The second-order valence-corrected chi connectivity index (χ2v) is 7.13. The quantitative estimate of drug-likeness (QED) is 0.833. The van der Waals surface area contributed by atoms with Crippen LogP contribution in [0.4, 0.5) is 0 Å². The Labute approximate surface area is 124 Å². The summed E-state index contributed by atoms with van der Waals surface area (Å²) in [7, 11) is 0. The van der Waals surface area contributed by atoms with Gasteiger partial charge in [-0.1, -0.05) is 0 Å². The van der Waals surface area contributed by atoms with E-state index in [4.69, 9.17) is 0 Å².